The van der Waals surface area contributed by atoms with Crippen molar-refractivity contribution in [3.63, 3.8) is 0 Å². The summed E-state index contributed by atoms with van der Waals surface area (Å²) in [5.41, 5.74) is 0.612. The van der Waals surface area contributed by atoms with Gasteiger partial charge in [0.2, 0.25) is 0 Å². The lowest BCUT2D eigenvalue weighted by Gasteiger charge is -2.30. The van der Waals surface area contributed by atoms with Crippen LogP contribution in [0, 0.1) is 17.2 Å². The van der Waals surface area contributed by atoms with Crippen molar-refractivity contribution in [1.29, 1.82) is 5.26 Å². The van der Waals surface area contributed by atoms with Gasteiger partial charge in [-0.15, -0.1) is 0 Å². The molecule has 1 heterocycles. The van der Waals surface area contributed by atoms with Gasteiger partial charge in [0.05, 0.1) is 14.2 Å². The zero-order chi connectivity index (χ0) is 15.1. The minimum absolute atomic E-state index is 0.113. The van der Waals surface area contributed by atoms with Gasteiger partial charge < -0.3 is 4.74 Å². The van der Waals surface area contributed by atoms with Crippen molar-refractivity contribution in [1.82, 2.24) is 0 Å². The predicted molar refractivity (Wildman–Crippen MR) is 72.1 cm³/mol. The Morgan fingerprint density at radius 3 is 2.40 bits per heavy atom. The second-order valence-corrected chi connectivity index (χ2v) is 5.39. The van der Waals surface area contributed by atoms with E-state index < -0.39 is 10.5 Å². The number of fused-ring (bicyclic) bond motifs is 1. The molecule has 2 unspecified atom stereocenters. The van der Waals surface area contributed by atoms with Crippen molar-refractivity contribution >= 4 is 11.8 Å². The average molecular weight is 273 g/mol. The monoisotopic (exact) mass is 273 g/mol. The molecule has 20 heavy (non-hydrogen) atoms. The van der Waals surface area contributed by atoms with Gasteiger partial charge in [0, 0.05) is 5.92 Å². The van der Waals surface area contributed by atoms with Gasteiger partial charge in [0.15, 0.2) is 6.04 Å². The summed E-state index contributed by atoms with van der Waals surface area (Å²) >= 11 is 0. The molecule has 0 spiro atoms. The average Bonchev–Trinajstić information content (AvgIpc) is 2.62. The van der Waals surface area contributed by atoms with Gasteiger partial charge in [0.25, 0.3) is 0 Å². The Morgan fingerprint density at radius 1 is 1.25 bits per heavy atom. The maximum atomic E-state index is 12.7. The summed E-state index contributed by atoms with van der Waals surface area (Å²) in [4.78, 5) is 25.4. The van der Waals surface area contributed by atoms with Crippen molar-refractivity contribution in [2.75, 3.05) is 14.2 Å². The molecular formula is C15H17N2O3+. The zero-order valence-electron chi connectivity index (χ0n) is 12.0. The number of methoxy groups -OCH3 is 1. The van der Waals surface area contributed by atoms with Crippen LogP contribution in [-0.2, 0) is 0 Å². The highest BCUT2D eigenvalue weighted by atomic mass is 16.5. The SMILES string of the molecule is COc1cccc2c1C(=O)[N+](C)(C(C#N)C(C)C)C2=O. The maximum absolute atomic E-state index is 12.7. The highest BCUT2D eigenvalue weighted by molar-refractivity contribution is 6.15. The first-order valence-corrected chi connectivity index (χ1v) is 6.42. The minimum atomic E-state index is -0.716. The molecule has 1 aromatic rings. The van der Waals surface area contributed by atoms with E-state index in [0.717, 1.165) is 0 Å². The number of benzene rings is 1. The van der Waals surface area contributed by atoms with Crippen LogP contribution in [0.5, 0.6) is 5.75 Å². The summed E-state index contributed by atoms with van der Waals surface area (Å²) in [6.07, 6.45) is 0. The van der Waals surface area contributed by atoms with Crippen LogP contribution in [0.1, 0.15) is 34.6 Å². The lowest BCUT2D eigenvalue weighted by Crippen LogP contribution is -2.57. The quantitative estimate of drug-likeness (QED) is 0.624. The normalized spacial score (nSPS) is 22.6. The van der Waals surface area contributed by atoms with Gasteiger partial charge in [0.1, 0.15) is 22.9 Å². The van der Waals surface area contributed by atoms with E-state index in [4.69, 9.17) is 4.74 Å². The Morgan fingerprint density at radius 2 is 1.90 bits per heavy atom. The fourth-order valence-corrected chi connectivity index (χ4v) is 2.79. The molecule has 0 fully saturated rings. The molecule has 5 heteroatoms. The molecule has 0 bridgehead atoms. The zero-order valence-corrected chi connectivity index (χ0v) is 12.0. The molecule has 0 aliphatic carbocycles. The number of carbonyl (C=O) groups is 2. The van der Waals surface area contributed by atoms with Crippen molar-refractivity contribution in [3.05, 3.63) is 29.3 Å². The number of rotatable bonds is 3. The first kappa shape index (κ1) is 14.2. The molecule has 2 rings (SSSR count). The molecule has 104 valence electrons. The van der Waals surface area contributed by atoms with E-state index in [1.54, 1.807) is 18.2 Å². The van der Waals surface area contributed by atoms with Crippen LogP contribution < -0.4 is 4.74 Å². The Labute approximate surface area is 118 Å². The Hall–Kier alpha value is -2.19. The summed E-state index contributed by atoms with van der Waals surface area (Å²) in [7, 11) is 2.97. The van der Waals surface area contributed by atoms with E-state index in [0.29, 0.717) is 11.3 Å². The summed E-state index contributed by atoms with van der Waals surface area (Å²) < 4.78 is 4.64. The van der Waals surface area contributed by atoms with Gasteiger partial charge in [-0.25, -0.2) is 9.59 Å². The van der Waals surface area contributed by atoms with E-state index in [2.05, 4.69) is 6.07 Å². The molecule has 1 aliphatic heterocycles. The first-order chi connectivity index (χ1) is 9.39. The number of hydrogen-bond acceptors (Lipinski definition) is 4. The number of quaternary nitrogens is 1. The lowest BCUT2D eigenvalue weighted by molar-refractivity contribution is -0.764. The van der Waals surface area contributed by atoms with Gasteiger partial charge in [-0.1, -0.05) is 19.9 Å². The number of ether oxygens (including phenoxy) is 1. The second-order valence-electron chi connectivity index (χ2n) is 5.39. The number of nitriles is 1. The molecule has 1 aliphatic rings. The van der Waals surface area contributed by atoms with Gasteiger partial charge >= 0.3 is 11.8 Å². The first-order valence-electron chi connectivity index (χ1n) is 6.42. The van der Waals surface area contributed by atoms with Crippen molar-refractivity contribution in [2.24, 2.45) is 5.92 Å². The highest BCUT2D eigenvalue weighted by Crippen LogP contribution is 2.37. The smallest absolute Gasteiger partial charge is 0.359 e. The summed E-state index contributed by atoms with van der Waals surface area (Å²) in [6, 6.07) is 6.32. The van der Waals surface area contributed by atoms with E-state index in [1.807, 2.05) is 13.8 Å². The van der Waals surface area contributed by atoms with Crippen LogP contribution in [-0.4, -0.2) is 36.5 Å². The highest BCUT2D eigenvalue weighted by Gasteiger charge is 2.57. The third-order valence-electron chi connectivity index (χ3n) is 3.85. The van der Waals surface area contributed by atoms with Crippen LogP contribution in [0.25, 0.3) is 0 Å². The van der Waals surface area contributed by atoms with Crippen LogP contribution in [0.4, 0.5) is 0 Å². The second kappa shape index (κ2) is 4.73. The Balaban J connectivity index is 2.66. The fourth-order valence-electron chi connectivity index (χ4n) is 2.79. The van der Waals surface area contributed by atoms with Crippen molar-refractivity contribution in [3.8, 4) is 11.8 Å². The summed E-state index contributed by atoms with van der Waals surface area (Å²) in [5.74, 6) is -0.451. The molecule has 0 radical (unpaired) electrons. The van der Waals surface area contributed by atoms with Crippen LogP contribution in [0.3, 0.4) is 0 Å². The van der Waals surface area contributed by atoms with Crippen LogP contribution in [0.2, 0.25) is 0 Å². The molecule has 2 amide bonds. The number of hydrogen-bond donors (Lipinski definition) is 0. The number of amides is 2. The molecule has 2 atom stereocenters. The summed E-state index contributed by atoms with van der Waals surface area (Å²) in [5, 5.41) is 9.36. The molecule has 0 saturated heterocycles. The largest absolute Gasteiger partial charge is 0.496 e. The minimum Gasteiger partial charge on any atom is -0.496 e. The van der Waals surface area contributed by atoms with Crippen LogP contribution in [0.15, 0.2) is 18.2 Å². The van der Waals surface area contributed by atoms with Gasteiger partial charge in [-0.05, 0) is 12.1 Å². The molecule has 0 N–H and O–H groups in total. The van der Waals surface area contributed by atoms with Crippen molar-refractivity contribution in [2.45, 2.75) is 19.9 Å². The number of carbonyl (C=O) groups excluding carboxylic acids is 2. The molecular weight excluding hydrogens is 256 g/mol. The standard InChI is InChI=1S/C15H17N2O3/c1-9(2)11(8-16)17(3)14(18)10-6-5-7-12(20-4)13(10)15(17)19/h5-7,9,11H,1-4H3/q+1. The number of imide groups is 1. The van der Waals surface area contributed by atoms with Gasteiger partial charge in [-0.3, -0.25) is 0 Å². The van der Waals surface area contributed by atoms with Crippen LogP contribution >= 0.6 is 0 Å². The molecule has 0 saturated carbocycles. The lowest BCUT2D eigenvalue weighted by atomic mass is 10.0. The maximum Gasteiger partial charge on any atom is 0.359 e. The van der Waals surface area contributed by atoms with E-state index in [9.17, 15) is 14.9 Å². The predicted octanol–water partition coefficient (Wildman–Crippen LogP) is 1.98. The Kier molecular flexibility index (Phi) is 3.36. The van der Waals surface area contributed by atoms with Gasteiger partial charge in [-0.2, -0.15) is 9.74 Å². The van der Waals surface area contributed by atoms with Crippen molar-refractivity contribution < 1.29 is 18.8 Å². The van der Waals surface area contributed by atoms with E-state index >= 15 is 0 Å². The number of nitrogens with zero attached hydrogens (tertiary/aromatic N) is 2. The topological polar surface area (TPSA) is 67.2 Å². The van der Waals surface area contributed by atoms with E-state index in [1.165, 1.54) is 14.2 Å². The third kappa shape index (κ3) is 1.65. The van der Waals surface area contributed by atoms with E-state index in [-0.39, 0.29) is 23.3 Å². The molecule has 1 aromatic carbocycles. The molecule has 5 nitrogen and oxygen atoms in total. The molecule has 0 aromatic heterocycles. The third-order valence-corrected chi connectivity index (χ3v) is 3.85. The summed E-state index contributed by atoms with van der Waals surface area (Å²) in [6.45, 7) is 3.66. The fraction of sp³-hybridized carbons (Fsp3) is 0.400. The Bertz CT molecular complexity index is 630.